The molecule has 124 valence electrons. The molecule has 0 amide bonds. The Morgan fingerprint density at radius 1 is 1.23 bits per heavy atom. The van der Waals surface area contributed by atoms with Crippen LogP contribution < -0.4 is 4.72 Å². The van der Waals surface area contributed by atoms with Gasteiger partial charge in [0.25, 0.3) is 0 Å². The number of piperidine rings is 1. The Balaban J connectivity index is 2.05. The molecular formula is C16H25ClN2O2S. The molecule has 1 aliphatic rings. The monoisotopic (exact) mass is 344 g/mol. The fraction of sp³-hybridized carbons (Fsp3) is 0.625. The Bertz CT molecular complexity index is 584. The van der Waals surface area contributed by atoms with Crippen LogP contribution in [-0.4, -0.2) is 39.0 Å². The summed E-state index contributed by atoms with van der Waals surface area (Å²) in [6.07, 6.45) is 3.67. The van der Waals surface area contributed by atoms with E-state index in [1.165, 1.54) is 25.3 Å². The standard InChI is InChI=1S/C16H25ClN2O2S/c1-13(2)16(19-9-4-3-5-10-19)12-18-22(20,21)15-8-6-7-14(17)11-15/h6-8,11,13,16,18H,3-5,9-10,12H2,1-2H3. The topological polar surface area (TPSA) is 49.4 Å². The van der Waals surface area contributed by atoms with E-state index >= 15 is 0 Å². The Kier molecular flexibility index (Phi) is 6.26. The van der Waals surface area contributed by atoms with Crippen molar-refractivity contribution in [2.45, 2.75) is 44.0 Å². The average Bonchev–Trinajstić information content (AvgIpc) is 2.48. The number of rotatable bonds is 6. The third-order valence-corrected chi connectivity index (χ3v) is 5.87. The lowest BCUT2D eigenvalue weighted by Gasteiger charge is -2.37. The molecule has 0 radical (unpaired) electrons. The number of nitrogens with one attached hydrogen (secondary N) is 1. The second-order valence-corrected chi connectivity index (χ2v) is 8.42. The normalized spacial score (nSPS) is 18.5. The summed E-state index contributed by atoms with van der Waals surface area (Å²) >= 11 is 5.89. The van der Waals surface area contributed by atoms with Gasteiger partial charge in [0.1, 0.15) is 0 Å². The first-order chi connectivity index (χ1) is 10.4. The van der Waals surface area contributed by atoms with Crippen LogP contribution in [0, 0.1) is 5.92 Å². The number of halogens is 1. The Labute approximate surface area is 138 Å². The van der Waals surface area contributed by atoms with Crippen LogP contribution in [0.25, 0.3) is 0 Å². The van der Waals surface area contributed by atoms with Gasteiger partial charge in [0.05, 0.1) is 4.90 Å². The molecule has 1 aromatic carbocycles. The summed E-state index contributed by atoms with van der Waals surface area (Å²) in [5.41, 5.74) is 0. The molecule has 1 N–H and O–H groups in total. The zero-order valence-electron chi connectivity index (χ0n) is 13.3. The first-order valence-corrected chi connectivity index (χ1v) is 9.75. The van der Waals surface area contributed by atoms with E-state index in [1.807, 2.05) is 0 Å². The lowest BCUT2D eigenvalue weighted by Crippen LogP contribution is -2.48. The maximum Gasteiger partial charge on any atom is 0.240 e. The number of benzene rings is 1. The number of hydrogen-bond donors (Lipinski definition) is 1. The highest BCUT2D eigenvalue weighted by Crippen LogP contribution is 2.19. The SMILES string of the molecule is CC(C)C(CNS(=O)(=O)c1cccc(Cl)c1)N1CCCCC1. The van der Waals surface area contributed by atoms with Gasteiger partial charge in [-0.05, 0) is 50.0 Å². The fourth-order valence-corrected chi connectivity index (χ4v) is 4.30. The second-order valence-electron chi connectivity index (χ2n) is 6.22. The first-order valence-electron chi connectivity index (χ1n) is 7.89. The van der Waals surface area contributed by atoms with Crippen LogP contribution in [0.15, 0.2) is 29.2 Å². The second kappa shape index (κ2) is 7.77. The molecule has 1 fully saturated rings. The Morgan fingerprint density at radius 3 is 2.50 bits per heavy atom. The largest absolute Gasteiger partial charge is 0.299 e. The van der Waals surface area contributed by atoms with E-state index in [4.69, 9.17) is 11.6 Å². The molecule has 1 heterocycles. The van der Waals surface area contributed by atoms with Gasteiger partial charge in [-0.2, -0.15) is 0 Å². The van der Waals surface area contributed by atoms with Gasteiger partial charge in [0.2, 0.25) is 10.0 Å². The Hall–Kier alpha value is -0.620. The summed E-state index contributed by atoms with van der Waals surface area (Å²) < 4.78 is 27.6. The van der Waals surface area contributed by atoms with Crippen molar-refractivity contribution < 1.29 is 8.42 Å². The molecule has 1 atom stereocenters. The summed E-state index contributed by atoms with van der Waals surface area (Å²) in [6.45, 7) is 6.84. The molecule has 1 aliphatic heterocycles. The quantitative estimate of drug-likeness (QED) is 0.862. The highest BCUT2D eigenvalue weighted by atomic mass is 35.5. The van der Waals surface area contributed by atoms with E-state index in [2.05, 4.69) is 23.5 Å². The first kappa shape index (κ1) is 17.7. The van der Waals surface area contributed by atoms with E-state index in [0.29, 0.717) is 17.5 Å². The third-order valence-electron chi connectivity index (χ3n) is 4.22. The fourth-order valence-electron chi connectivity index (χ4n) is 2.95. The molecule has 6 heteroatoms. The van der Waals surface area contributed by atoms with Crippen LogP contribution in [0.3, 0.4) is 0 Å². The molecule has 0 spiro atoms. The summed E-state index contributed by atoms with van der Waals surface area (Å²) in [6, 6.07) is 6.61. The molecular weight excluding hydrogens is 320 g/mol. The van der Waals surface area contributed by atoms with Crippen LogP contribution in [0.2, 0.25) is 5.02 Å². The zero-order chi connectivity index (χ0) is 16.2. The van der Waals surface area contributed by atoms with Crippen LogP contribution >= 0.6 is 11.6 Å². The molecule has 0 bridgehead atoms. The predicted molar refractivity (Wildman–Crippen MR) is 90.7 cm³/mol. The van der Waals surface area contributed by atoms with Crippen LogP contribution in [-0.2, 0) is 10.0 Å². The van der Waals surface area contributed by atoms with Gasteiger partial charge in [-0.15, -0.1) is 0 Å². The van der Waals surface area contributed by atoms with Crippen molar-refractivity contribution >= 4 is 21.6 Å². The van der Waals surface area contributed by atoms with Gasteiger partial charge in [0.15, 0.2) is 0 Å². The van der Waals surface area contributed by atoms with Crippen LogP contribution in [0.1, 0.15) is 33.1 Å². The highest BCUT2D eigenvalue weighted by molar-refractivity contribution is 7.89. The number of sulfonamides is 1. The number of likely N-dealkylation sites (tertiary alicyclic amines) is 1. The summed E-state index contributed by atoms with van der Waals surface area (Å²) in [5, 5.41) is 0.430. The van der Waals surface area contributed by atoms with Crippen molar-refractivity contribution in [2.75, 3.05) is 19.6 Å². The highest BCUT2D eigenvalue weighted by Gasteiger charge is 2.25. The van der Waals surface area contributed by atoms with E-state index < -0.39 is 10.0 Å². The zero-order valence-corrected chi connectivity index (χ0v) is 14.8. The summed E-state index contributed by atoms with van der Waals surface area (Å²) in [4.78, 5) is 2.63. The van der Waals surface area contributed by atoms with Gasteiger partial charge in [-0.1, -0.05) is 37.9 Å². The van der Waals surface area contributed by atoms with Crippen LogP contribution in [0.5, 0.6) is 0 Å². The Morgan fingerprint density at radius 2 is 1.91 bits per heavy atom. The minimum atomic E-state index is -3.51. The van der Waals surface area contributed by atoms with Crippen LogP contribution in [0.4, 0.5) is 0 Å². The molecule has 1 unspecified atom stereocenters. The smallest absolute Gasteiger partial charge is 0.240 e. The van der Waals surface area contributed by atoms with Gasteiger partial charge >= 0.3 is 0 Å². The van der Waals surface area contributed by atoms with Crippen molar-refractivity contribution in [1.29, 1.82) is 0 Å². The minimum Gasteiger partial charge on any atom is -0.299 e. The van der Waals surface area contributed by atoms with Gasteiger partial charge in [-0.3, -0.25) is 4.90 Å². The van der Waals surface area contributed by atoms with E-state index in [-0.39, 0.29) is 10.9 Å². The minimum absolute atomic E-state index is 0.223. The maximum absolute atomic E-state index is 12.4. The maximum atomic E-state index is 12.4. The molecule has 0 aromatic heterocycles. The van der Waals surface area contributed by atoms with E-state index in [0.717, 1.165) is 13.1 Å². The molecule has 1 aromatic rings. The third kappa shape index (κ3) is 4.69. The molecule has 22 heavy (non-hydrogen) atoms. The average molecular weight is 345 g/mol. The van der Waals surface area contributed by atoms with Crippen molar-refractivity contribution in [2.24, 2.45) is 5.92 Å². The lowest BCUT2D eigenvalue weighted by molar-refractivity contribution is 0.130. The van der Waals surface area contributed by atoms with Crippen molar-refractivity contribution in [3.05, 3.63) is 29.3 Å². The predicted octanol–water partition coefficient (Wildman–Crippen LogP) is 3.13. The molecule has 2 rings (SSSR count). The lowest BCUT2D eigenvalue weighted by atomic mass is 9.99. The van der Waals surface area contributed by atoms with Crippen molar-refractivity contribution in [3.8, 4) is 0 Å². The van der Waals surface area contributed by atoms with Crippen molar-refractivity contribution in [1.82, 2.24) is 9.62 Å². The van der Waals surface area contributed by atoms with Gasteiger partial charge in [0, 0.05) is 17.6 Å². The van der Waals surface area contributed by atoms with Crippen molar-refractivity contribution in [3.63, 3.8) is 0 Å². The molecule has 0 saturated carbocycles. The van der Waals surface area contributed by atoms with E-state index in [1.54, 1.807) is 18.2 Å². The number of nitrogens with zero attached hydrogens (tertiary/aromatic N) is 1. The van der Waals surface area contributed by atoms with Gasteiger partial charge < -0.3 is 0 Å². The summed E-state index contributed by atoms with van der Waals surface area (Å²) in [5.74, 6) is 0.403. The summed E-state index contributed by atoms with van der Waals surface area (Å²) in [7, 11) is -3.51. The van der Waals surface area contributed by atoms with Gasteiger partial charge in [-0.25, -0.2) is 13.1 Å². The molecule has 4 nitrogen and oxygen atoms in total. The molecule has 0 aliphatic carbocycles. The van der Waals surface area contributed by atoms with E-state index in [9.17, 15) is 8.42 Å². The number of hydrogen-bond acceptors (Lipinski definition) is 3. The molecule has 1 saturated heterocycles.